The number of nitrogens with zero attached hydrogens (tertiary/aromatic N) is 1. The fourth-order valence-corrected chi connectivity index (χ4v) is 2.23. The minimum absolute atomic E-state index is 0.0217. The van der Waals surface area contributed by atoms with Crippen molar-refractivity contribution in [3.63, 3.8) is 0 Å². The van der Waals surface area contributed by atoms with E-state index < -0.39 is 36.1 Å². The van der Waals surface area contributed by atoms with E-state index in [0.717, 1.165) is 0 Å². The average Bonchev–Trinajstić information content (AvgIpc) is 2.58. The third-order valence-corrected chi connectivity index (χ3v) is 3.29. The number of ether oxygens (including phenoxy) is 4. The van der Waals surface area contributed by atoms with E-state index in [1.165, 1.54) is 31.9 Å². The molecule has 1 aliphatic heterocycles. The molecule has 0 radical (unpaired) electrons. The zero-order valence-corrected chi connectivity index (χ0v) is 15.5. The summed E-state index contributed by atoms with van der Waals surface area (Å²) in [6.07, 6.45) is 3.15. The second kappa shape index (κ2) is 11.0. The predicted octanol–water partition coefficient (Wildman–Crippen LogP) is -0.0244. The normalized spacial score (nSPS) is 15.4. The molecule has 10 nitrogen and oxygen atoms in total. The number of esters is 3. The average molecular weight is 384 g/mol. The Morgan fingerprint density at radius 1 is 1.07 bits per heavy atom. The maximum absolute atomic E-state index is 11.5. The Morgan fingerprint density at radius 2 is 1.74 bits per heavy atom. The molecule has 1 amide bonds. The maximum atomic E-state index is 11.5. The van der Waals surface area contributed by atoms with Gasteiger partial charge in [0.25, 0.3) is 0 Å². The molecule has 0 fully saturated rings. The molecule has 0 bridgehead atoms. The zero-order valence-electron chi connectivity index (χ0n) is 15.5. The van der Waals surface area contributed by atoms with Gasteiger partial charge >= 0.3 is 17.9 Å². The van der Waals surface area contributed by atoms with Crippen molar-refractivity contribution in [3.8, 4) is 0 Å². The lowest BCUT2D eigenvalue weighted by Gasteiger charge is -2.34. The zero-order chi connectivity index (χ0) is 20.4. The van der Waals surface area contributed by atoms with Crippen molar-refractivity contribution in [2.75, 3.05) is 19.8 Å². The quantitative estimate of drug-likeness (QED) is 0.313. The molecule has 1 aliphatic rings. The van der Waals surface area contributed by atoms with Gasteiger partial charge in [0.1, 0.15) is 13.2 Å². The summed E-state index contributed by atoms with van der Waals surface area (Å²) in [5.41, 5.74) is 5.64. The smallest absolute Gasteiger partial charge is 0.303 e. The first kappa shape index (κ1) is 22.2. The van der Waals surface area contributed by atoms with Crippen LogP contribution in [0.4, 0.5) is 0 Å². The number of allylic oxidation sites excluding steroid dienone is 1. The number of primary amides is 1. The number of carbonyl (C=O) groups is 4. The van der Waals surface area contributed by atoms with Gasteiger partial charge in [-0.2, -0.15) is 0 Å². The molecule has 0 aromatic heterocycles. The van der Waals surface area contributed by atoms with E-state index in [2.05, 4.69) is 0 Å². The predicted molar refractivity (Wildman–Crippen MR) is 91.4 cm³/mol. The van der Waals surface area contributed by atoms with E-state index in [0.29, 0.717) is 12.0 Å². The summed E-state index contributed by atoms with van der Waals surface area (Å²) in [5, 5.41) is 0. The summed E-state index contributed by atoms with van der Waals surface area (Å²) in [5.74, 6) is -2.25. The van der Waals surface area contributed by atoms with Crippen LogP contribution in [0.2, 0.25) is 0 Å². The van der Waals surface area contributed by atoms with Crippen LogP contribution in [-0.2, 0) is 38.1 Å². The van der Waals surface area contributed by atoms with Crippen LogP contribution in [0, 0.1) is 0 Å². The van der Waals surface area contributed by atoms with E-state index in [4.69, 9.17) is 24.7 Å². The third kappa shape index (κ3) is 8.36. The van der Waals surface area contributed by atoms with Crippen molar-refractivity contribution in [1.82, 2.24) is 4.90 Å². The Kier molecular flexibility index (Phi) is 9.00. The molecule has 1 heterocycles. The van der Waals surface area contributed by atoms with Crippen LogP contribution in [0.5, 0.6) is 0 Å². The Labute approximate surface area is 156 Å². The van der Waals surface area contributed by atoms with Crippen molar-refractivity contribution in [2.45, 2.75) is 39.5 Å². The lowest BCUT2D eigenvalue weighted by molar-refractivity contribution is -0.178. The monoisotopic (exact) mass is 384 g/mol. The molecule has 2 N–H and O–H groups in total. The summed E-state index contributed by atoms with van der Waals surface area (Å²) in [6, 6.07) is 0. The van der Waals surface area contributed by atoms with Crippen LogP contribution in [0.1, 0.15) is 27.2 Å². The largest absolute Gasteiger partial charge is 0.463 e. The van der Waals surface area contributed by atoms with Gasteiger partial charge in [-0.05, 0) is 6.42 Å². The highest BCUT2D eigenvalue weighted by molar-refractivity contribution is 5.92. The number of amides is 1. The van der Waals surface area contributed by atoms with E-state index in [9.17, 15) is 19.2 Å². The Morgan fingerprint density at radius 3 is 2.30 bits per heavy atom. The number of rotatable bonds is 10. The fraction of sp³-hybridized carbons (Fsp3) is 0.529. The highest BCUT2D eigenvalue weighted by Gasteiger charge is 2.31. The van der Waals surface area contributed by atoms with Gasteiger partial charge in [-0.1, -0.05) is 6.08 Å². The van der Waals surface area contributed by atoms with E-state index >= 15 is 0 Å². The molecule has 1 rings (SSSR count). The minimum Gasteiger partial charge on any atom is -0.463 e. The first-order valence-corrected chi connectivity index (χ1v) is 8.20. The highest BCUT2D eigenvalue weighted by Crippen LogP contribution is 2.19. The molecule has 0 aromatic rings. The van der Waals surface area contributed by atoms with E-state index in [1.807, 2.05) is 0 Å². The number of hydrogen-bond acceptors (Lipinski definition) is 9. The molecule has 10 heteroatoms. The van der Waals surface area contributed by atoms with Crippen molar-refractivity contribution < 1.29 is 38.1 Å². The molecular weight excluding hydrogens is 360 g/mol. The van der Waals surface area contributed by atoms with Crippen molar-refractivity contribution in [3.05, 3.63) is 24.0 Å². The van der Waals surface area contributed by atoms with Gasteiger partial charge in [0.05, 0.1) is 6.61 Å². The third-order valence-electron chi connectivity index (χ3n) is 3.29. The van der Waals surface area contributed by atoms with Crippen LogP contribution in [-0.4, -0.2) is 60.9 Å². The molecule has 0 aromatic carbocycles. The lowest BCUT2D eigenvalue weighted by Crippen LogP contribution is -2.46. The summed E-state index contributed by atoms with van der Waals surface area (Å²) in [7, 11) is 0. The van der Waals surface area contributed by atoms with Crippen LogP contribution in [0.3, 0.4) is 0 Å². The second-order valence-electron chi connectivity index (χ2n) is 5.61. The first-order chi connectivity index (χ1) is 12.7. The first-order valence-electron chi connectivity index (χ1n) is 8.20. The lowest BCUT2D eigenvalue weighted by atomic mass is 10.1. The van der Waals surface area contributed by atoms with Gasteiger partial charge in [-0.15, -0.1) is 0 Å². The summed E-state index contributed by atoms with van der Waals surface area (Å²) < 4.78 is 20.7. The van der Waals surface area contributed by atoms with Gasteiger partial charge < -0.3 is 29.6 Å². The van der Waals surface area contributed by atoms with E-state index in [1.54, 1.807) is 12.3 Å². The van der Waals surface area contributed by atoms with Gasteiger partial charge in [0, 0.05) is 38.7 Å². The van der Waals surface area contributed by atoms with Gasteiger partial charge in [-0.3, -0.25) is 19.2 Å². The Balaban J connectivity index is 3.00. The molecule has 0 saturated heterocycles. The fourth-order valence-electron chi connectivity index (χ4n) is 2.23. The highest BCUT2D eigenvalue weighted by atomic mass is 16.6. The van der Waals surface area contributed by atoms with Crippen LogP contribution < -0.4 is 5.73 Å². The standard InChI is InChI=1S/C17H24N2O8/c1-11(20)24-7-8-25-17(15(27-13(3)22)10-26-12(2)21)19-6-4-5-14(9-19)16(18)23/h4,6,9,15,17H,5,7-8,10H2,1-3H3,(H2,18,23)/t15-,17-/m1/s1. The van der Waals surface area contributed by atoms with Crippen molar-refractivity contribution in [2.24, 2.45) is 5.73 Å². The van der Waals surface area contributed by atoms with Crippen molar-refractivity contribution in [1.29, 1.82) is 0 Å². The summed E-state index contributed by atoms with van der Waals surface area (Å²) in [4.78, 5) is 46.4. The molecule has 27 heavy (non-hydrogen) atoms. The number of carbonyl (C=O) groups excluding carboxylic acids is 4. The second-order valence-corrected chi connectivity index (χ2v) is 5.61. The van der Waals surface area contributed by atoms with Gasteiger partial charge in [0.2, 0.25) is 5.91 Å². The number of nitrogens with two attached hydrogens (primary N) is 1. The molecule has 0 aliphatic carbocycles. The topological polar surface area (TPSA) is 134 Å². The molecule has 0 saturated carbocycles. The van der Waals surface area contributed by atoms with Crippen LogP contribution in [0.15, 0.2) is 24.0 Å². The maximum Gasteiger partial charge on any atom is 0.303 e. The SMILES string of the molecule is CC(=O)OCCO[C@H]([C@@H](COC(C)=O)OC(C)=O)N1C=CCC(C(N)=O)=C1. The minimum atomic E-state index is -1.00. The Bertz CT molecular complexity index is 628. The number of hydrogen-bond donors (Lipinski definition) is 1. The molecule has 150 valence electrons. The van der Waals surface area contributed by atoms with Crippen molar-refractivity contribution >= 4 is 23.8 Å². The van der Waals surface area contributed by atoms with Crippen LogP contribution in [0.25, 0.3) is 0 Å². The summed E-state index contributed by atoms with van der Waals surface area (Å²) in [6.45, 7) is 3.36. The summed E-state index contributed by atoms with van der Waals surface area (Å²) >= 11 is 0. The van der Waals surface area contributed by atoms with Gasteiger partial charge in [0.15, 0.2) is 12.3 Å². The molecule has 2 atom stereocenters. The molecule has 0 unspecified atom stereocenters. The molecule has 0 spiro atoms. The van der Waals surface area contributed by atoms with Gasteiger partial charge in [-0.25, -0.2) is 0 Å². The van der Waals surface area contributed by atoms with E-state index in [-0.39, 0.29) is 19.8 Å². The molecular formula is C17H24N2O8. The van der Waals surface area contributed by atoms with Crippen LogP contribution >= 0.6 is 0 Å². The Hall–Kier alpha value is -2.88.